The fourth-order valence-electron chi connectivity index (χ4n) is 3.55. The number of carbonyl (C=O) groups is 1. The van der Waals surface area contributed by atoms with Crippen LogP contribution in [0.1, 0.15) is 36.8 Å². The van der Waals surface area contributed by atoms with Gasteiger partial charge in [0.2, 0.25) is 0 Å². The number of nitrogens with one attached hydrogen (secondary N) is 2. The quantitative estimate of drug-likeness (QED) is 0.421. The lowest BCUT2D eigenvalue weighted by Gasteiger charge is -2.16. The van der Waals surface area contributed by atoms with E-state index in [1.54, 1.807) is 24.0 Å². The van der Waals surface area contributed by atoms with Crippen molar-refractivity contribution in [1.82, 2.24) is 30.5 Å². The third-order valence-electron chi connectivity index (χ3n) is 5.46. The number of tetrazole rings is 1. The first-order valence-corrected chi connectivity index (χ1v) is 11.1. The Morgan fingerprint density at radius 3 is 2.62 bits per heavy atom. The molecule has 2 N–H and O–H groups in total. The van der Waals surface area contributed by atoms with Gasteiger partial charge < -0.3 is 15.4 Å². The minimum atomic E-state index is -0.560. The van der Waals surface area contributed by atoms with E-state index in [1.807, 2.05) is 69.3 Å². The highest BCUT2D eigenvalue weighted by atomic mass is 16.6. The van der Waals surface area contributed by atoms with E-state index in [-0.39, 0.29) is 6.04 Å². The van der Waals surface area contributed by atoms with E-state index in [4.69, 9.17) is 4.74 Å². The van der Waals surface area contributed by atoms with Gasteiger partial charge in [0.25, 0.3) is 0 Å². The van der Waals surface area contributed by atoms with Crippen LogP contribution < -0.4 is 15.4 Å². The van der Waals surface area contributed by atoms with Crippen LogP contribution in [0.25, 0.3) is 16.8 Å². The average Bonchev–Trinajstić information content (AvgIpc) is 3.33. The molecule has 0 aliphatic carbocycles. The molecule has 0 bridgehead atoms. The van der Waals surface area contributed by atoms with Gasteiger partial charge in [-0.15, -0.1) is 5.10 Å². The predicted octanol–water partition coefficient (Wildman–Crippen LogP) is 4.49. The van der Waals surface area contributed by atoms with Gasteiger partial charge in [0, 0.05) is 25.7 Å². The van der Waals surface area contributed by atoms with E-state index in [2.05, 4.69) is 31.1 Å². The molecule has 0 radical (unpaired) electrons. The number of anilines is 1. The van der Waals surface area contributed by atoms with Crippen LogP contribution in [0.4, 0.5) is 10.6 Å². The van der Waals surface area contributed by atoms with Crippen molar-refractivity contribution in [2.75, 3.05) is 12.4 Å². The molecule has 2 heterocycles. The molecule has 1 unspecified atom stereocenters. The van der Waals surface area contributed by atoms with Crippen molar-refractivity contribution in [2.24, 2.45) is 0 Å². The third kappa shape index (κ3) is 5.20. The Kier molecular flexibility index (Phi) is 6.82. The van der Waals surface area contributed by atoms with Crippen LogP contribution in [0.2, 0.25) is 0 Å². The van der Waals surface area contributed by atoms with Crippen molar-refractivity contribution >= 4 is 11.9 Å². The Labute approximate surface area is 198 Å². The van der Waals surface area contributed by atoms with Gasteiger partial charge in [0.1, 0.15) is 11.6 Å². The van der Waals surface area contributed by atoms with Crippen LogP contribution in [-0.4, -0.2) is 38.3 Å². The lowest BCUT2D eigenvalue weighted by Crippen LogP contribution is -2.29. The van der Waals surface area contributed by atoms with Crippen molar-refractivity contribution in [1.29, 1.82) is 0 Å². The minimum absolute atomic E-state index is 0.270. The van der Waals surface area contributed by atoms with Crippen LogP contribution in [0.15, 0.2) is 60.8 Å². The van der Waals surface area contributed by atoms with E-state index < -0.39 is 6.09 Å². The van der Waals surface area contributed by atoms with Crippen molar-refractivity contribution in [2.45, 2.75) is 33.2 Å². The van der Waals surface area contributed by atoms with E-state index in [9.17, 15) is 4.79 Å². The smallest absolute Gasteiger partial charge is 0.410 e. The summed E-state index contributed by atoms with van der Waals surface area (Å²) in [5, 5.41) is 17.9. The molecule has 2 aromatic carbocycles. The molecule has 0 fully saturated rings. The van der Waals surface area contributed by atoms with Crippen molar-refractivity contribution in [3.05, 3.63) is 77.7 Å². The number of pyridine rings is 1. The first-order valence-electron chi connectivity index (χ1n) is 11.1. The van der Waals surface area contributed by atoms with E-state index in [1.165, 1.54) is 0 Å². The van der Waals surface area contributed by atoms with Gasteiger partial charge in [-0.2, -0.15) is 4.68 Å². The fraction of sp³-hybridized carbons (Fsp3) is 0.240. The van der Waals surface area contributed by atoms with Gasteiger partial charge in [0.05, 0.1) is 11.7 Å². The summed E-state index contributed by atoms with van der Waals surface area (Å²) in [6.45, 7) is 5.91. The SMILES string of the molecule is CCc1nnnn1-c1cc(OC(=O)NC(C)c2ccnc(NC)c2)cc(-c2ccc(C)cc2)c1. The molecule has 4 rings (SSSR count). The Balaban J connectivity index is 1.62. The number of aromatic nitrogens is 5. The maximum atomic E-state index is 12.8. The van der Waals surface area contributed by atoms with E-state index >= 15 is 0 Å². The maximum absolute atomic E-state index is 12.8. The summed E-state index contributed by atoms with van der Waals surface area (Å²) < 4.78 is 7.35. The summed E-state index contributed by atoms with van der Waals surface area (Å²) in [5.74, 6) is 1.83. The monoisotopic (exact) mass is 457 g/mol. The summed E-state index contributed by atoms with van der Waals surface area (Å²) in [6.07, 6.45) is 1.80. The zero-order chi connectivity index (χ0) is 24.1. The molecule has 34 heavy (non-hydrogen) atoms. The van der Waals surface area contributed by atoms with Gasteiger partial charge in [-0.1, -0.05) is 36.8 Å². The lowest BCUT2D eigenvalue weighted by atomic mass is 10.0. The molecule has 4 aromatic rings. The molecule has 0 spiro atoms. The topological polar surface area (TPSA) is 107 Å². The zero-order valence-electron chi connectivity index (χ0n) is 19.6. The first kappa shape index (κ1) is 22.9. The van der Waals surface area contributed by atoms with Crippen LogP contribution >= 0.6 is 0 Å². The molecule has 0 saturated carbocycles. The number of benzene rings is 2. The van der Waals surface area contributed by atoms with Gasteiger partial charge in [-0.3, -0.25) is 0 Å². The molecule has 0 saturated heterocycles. The summed E-state index contributed by atoms with van der Waals surface area (Å²) >= 11 is 0. The van der Waals surface area contributed by atoms with Gasteiger partial charge in [0.15, 0.2) is 5.82 Å². The highest BCUT2D eigenvalue weighted by Gasteiger charge is 2.15. The average molecular weight is 458 g/mol. The van der Waals surface area contributed by atoms with Crippen molar-refractivity contribution < 1.29 is 9.53 Å². The van der Waals surface area contributed by atoms with Crippen molar-refractivity contribution in [3.8, 4) is 22.6 Å². The lowest BCUT2D eigenvalue weighted by molar-refractivity contribution is 0.197. The Morgan fingerprint density at radius 2 is 1.88 bits per heavy atom. The number of nitrogens with zero attached hydrogens (tertiary/aromatic N) is 5. The number of hydrogen-bond acceptors (Lipinski definition) is 7. The van der Waals surface area contributed by atoms with Gasteiger partial charge in [-0.25, -0.2) is 9.78 Å². The van der Waals surface area contributed by atoms with Crippen LogP contribution in [-0.2, 0) is 6.42 Å². The normalized spacial score (nSPS) is 11.6. The van der Waals surface area contributed by atoms with E-state index in [0.717, 1.165) is 28.1 Å². The number of aryl methyl sites for hydroxylation is 2. The molecule has 1 amide bonds. The molecule has 0 aliphatic rings. The Morgan fingerprint density at radius 1 is 1.09 bits per heavy atom. The maximum Gasteiger partial charge on any atom is 0.413 e. The second-order valence-electron chi connectivity index (χ2n) is 7.92. The third-order valence-corrected chi connectivity index (χ3v) is 5.46. The molecule has 9 heteroatoms. The Bertz CT molecular complexity index is 1280. The first-order chi connectivity index (χ1) is 16.5. The van der Waals surface area contributed by atoms with Crippen LogP contribution in [0.3, 0.4) is 0 Å². The van der Waals surface area contributed by atoms with Crippen LogP contribution in [0, 0.1) is 6.92 Å². The fourth-order valence-corrected chi connectivity index (χ4v) is 3.55. The largest absolute Gasteiger partial charge is 0.413 e. The molecular weight excluding hydrogens is 430 g/mol. The molecule has 9 nitrogen and oxygen atoms in total. The van der Waals surface area contributed by atoms with Crippen LogP contribution in [0.5, 0.6) is 5.75 Å². The number of ether oxygens (including phenoxy) is 1. The Hall–Kier alpha value is -4.27. The number of carbonyl (C=O) groups excluding carboxylic acids is 1. The second-order valence-corrected chi connectivity index (χ2v) is 7.92. The van der Waals surface area contributed by atoms with Crippen molar-refractivity contribution in [3.63, 3.8) is 0 Å². The molecular formula is C25H27N7O2. The molecule has 174 valence electrons. The van der Waals surface area contributed by atoms with Gasteiger partial charge in [-0.05, 0) is 65.2 Å². The molecule has 0 aliphatic heterocycles. The number of amides is 1. The summed E-state index contributed by atoms with van der Waals surface area (Å²) in [6, 6.07) is 17.2. The standard InChI is InChI=1S/C25H27N7O2/c1-5-24-29-30-31-32(24)21-12-20(18-8-6-16(2)7-9-18)13-22(15-21)34-25(33)28-17(3)19-10-11-27-23(14-19)26-4/h6-15,17H,5H2,1-4H3,(H,26,27)(H,28,33). The highest BCUT2D eigenvalue weighted by Crippen LogP contribution is 2.29. The summed E-state index contributed by atoms with van der Waals surface area (Å²) in [4.78, 5) is 17.0. The van der Waals surface area contributed by atoms with E-state index in [0.29, 0.717) is 23.7 Å². The summed E-state index contributed by atoms with van der Waals surface area (Å²) in [5.41, 5.74) is 4.67. The number of hydrogen-bond donors (Lipinski definition) is 2. The summed E-state index contributed by atoms with van der Waals surface area (Å²) in [7, 11) is 1.80. The highest BCUT2D eigenvalue weighted by molar-refractivity contribution is 5.74. The molecule has 1 atom stereocenters. The molecule has 2 aromatic heterocycles. The predicted molar refractivity (Wildman–Crippen MR) is 130 cm³/mol. The second kappa shape index (κ2) is 10.1. The zero-order valence-corrected chi connectivity index (χ0v) is 19.6. The van der Waals surface area contributed by atoms with Gasteiger partial charge >= 0.3 is 6.09 Å². The number of rotatable bonds is 7. The minimum Gasteiger partial charge on any atom is -0.410 e.